The molecule has 138 valence electrons. The molecule has 0 heterocycles. The van der Waals surface area contributed by atoms with Gasteiger partial charge in [0.15, 0.2) is 8.32 Å². The second-order valence-corrected chi connectivity index (χ2v) is 13.0. The first-order chi connectivity index (χ1) is 11.2. The second kappa shape index (κ2) is 9.71. The van der Waals surface area contributed by atoms with Crippen molar-refractivity contribution in [2.24, 2.45) is 5.92 Å². The predicted octanol–water partition coefficient (Wildman–Crippen LogP) is 5.00. The van der Waals surface area contributed by atoms with Crippen LogP contribution in [0.5, 0.6) is 0 Å². The zero-order valence-electron chi connectivity index (χ0n) is 16.3. The van der Waals surface area contributed by atoms with Crippen LogP contribution in [0.3, 0.4) is 0 Å². The molecule has 1 rings (SSSR count). The van der Waals surface area contributed by atoms with Crippen molar-refractivity contribution in [2.75, 3.05) is 13.2 Å². The summed E-state index contributed by atoms with van der Waals surface area (Å²) in [5.41, 5.74) is 1.20. The molecule has 0 aliphatic heterocycles. The van der Waals surface area contributed by atoms with E-state index in [9.17, 15) is 5.11 Å². The van der Waals surface area contributed by atoms with Gasteiger partial charge in [-0.3, -0.25) is 0 Å². The quantitative estimate of drug-likeness (QED) is 0.475. The number of hydrogen-bond donors (Lipinski definition) is 1. The summed E-state index contributed by atoms with van der Waals surface area (Å²) in [4.78, 5) is 0. The minimum atomic E-state index is -1.82. The maximum atomic E-state index is 9.56. The number of rotatable bonds is 10. The standard InChI is InChI=1S/C20H36O3Si/c1-17(15-21)19(23-24(5,6)20(2,3)4)13-10-14-22-16-18-11-8-7-9-12-18/h7-9,11-12,17,19,21H,10,13-16H2,1-6H3/t17-,19-/m0/s1. The van der Waals surface area contributed by atoms with Gasteiger partial charge in [-0.2, -0.15) is 0 Å². The van der Waals surface area contributed by atoms with E-state index < -0.39 is 8.32 Å². The maximum absolute atomic E-state index is 9.56. The molecule has 0 aliphatic carbocycles. The molecule has 0 aromatic heterocycles. The van der Waals surface area contributed by atoms with Crippen LogP contribution in [-0.4, -0.2) is 32.7 Å². The summed E-state index contributed by atoms with van der Waals surface area (Å²) in [5.74, 6) is 0.160. The topological polar surface area (TPSA) is 38.7 Å². The molecular formula is C20H36O3Si. The zero-order chi connectivity index (χ0) is 18.2. The highest BCUT2D eigenvalue weighted by atomic mass is 28.4. The van der Waals surface area contributed by atoms with E-state index in [-0.39, 0.29) is 23.7 Å². The number of ether oxygens (including phenoxy) is 1. The van der Waals surface area contributed by atoms with Gasteiger partial charge in [-0.25, -0.2) is 0 Å². The van der Waals surface area contributed by atoms with Gasteiger partial charge in [-0.15, -0.1) is 0 Å². The van der Waals surface area contributed by atoms with Crippen molar-refractivity contribution in [3.05, 3.63) is 35.9 Å². The van der Waals surface area contributed by atoms with Gasteiger partial charge in [0.1, 0.15) is 0 Å². The maximum Gasteiger partial charge on any atom is 0.192 e. The molecule has 0 radical (unpaired) electrons. The fourth-order valence-electron chi connectivity index (χ4n) is 2.28. The average Bonchev–Trinajstić information content (AvgIpc) is 2.52. The van der Waals surface area contributed by atoms with Crippen LogP contribution in [0.1, 0.15) is 46.1 Å². The molecule has 4 heteroatoms. The van der Waals surface area contributed by atoms with Crippen LogP contribution in [0.4, 0.5) is 0 Å². The van der Waals surface area contributed by atoms with Gasteiger partial charge in [0.2, 0.25) is 0 Å². The predicted molar refractivity (Wildman–Crippen MR) is 104 cm³/mol. The van der Waals surface area contributed by atoms with Gasteiger partial charge in [0.25, 0.3) is 0 Å². The van der Waals surface area contributed by atoms with E-state index in [0.29, 0.717) is 6.61 Å². The Kier molecular flexibility index (Phi) is 8.64. The molecular weight excluding hydrogens is 316 g/mol. The molecule has 0 fully saturated rings. The molecule has 2 atom stereocenters. The van der Waals surface area contributed by atoms with E-state index in [1.54, 1.807) is 0 Å². The number of aliphatic hydroxyl groups is 1. The largest absolute Gasteiger partial charge is 0.414 e. The highest BCUT2D eigenvalue weighted by Gasteiger charge is 2.39. The Balaban J connectivity index is 2.43. The van der Waals surface area contributed by atoms with Crippen molar-refractivity contribution in [2.45, 2.75) is 71.4 Å². The Bertz CT molecular complexity index is 454. The Labute approximate surface area is 149 Å². The summed E-state index contributed by atoms with van der Waals surface area (Å²) in [7, 11) is -1.82. The first-order valence-electron chi connectivity index (χ1n) is 9.07. The van der Waals surface area contributed by atoms with E-state index in [2.05, 4.69) is 52.9 Å². The summed E-state index contributed by atoms with van der Waals surface area (Å²) in [5, 5.41) is 9.75. The van der Waals surface area contributed by atoms with E-state index in [4.69, 9.17) is 9.16 Å². The molecule has 0 spiro atoms. The van der Waals surface area contributed by atoms with E-state index >= 15 is 0 Å². The minimum Gasteiger partial charge on any atom is -0.414 e. The van der Waals surface area contributed by atoms with Crippen LogP contribution in [0.2, 0.25) is 18.1 Å². The van der Waals surface area contributed by atoms with Crippen LogP contribution in [0, 0.1) is 5.92 Å². The molecule has 24 heavy (non-hydrogen) atoms. The van der Waals surface area contributed by atoms with Crippen molar-refractivity contribution in [3.63, 3.8) is 0 Å². The van der Waals surface area contributed by atoms with Gasteiger partial charge in [-0.1, -0.05) is 58.0 Å². The summed E-state index contributed by atoms with van der Waals surface area (Å²) >= 11 is 0. The van der Waals surface area contributed by atoms with Crippen LogP contribution in [0.25, 0.3) is 0 Å². The molecule has 0 unspecified atom stereocenters. The Morgan fingerprint density at radius 3 is 2.29 bits per heavy atom. The van der Waals surface area contributed by atoms with Crippen LogP contribution >= 0.6 is 0 Å². The minimum absolute atomic E-state index is 0.108. The highest BCUT2D eigenvalue weighted by Crippen LogP contribution is 2.38. The number of hydrogen-bond acceptors (Lipinski definition) is 3. The molecule has 0 saturated carbocycles. The summed E-state index contributed by atoms with van der Waals surface area (Å²) in [6.45, 7) is 14.9. The lowest BCUT2D eigenvalue weighted by Crippen LogP contribution is -2.46. The fourth-order valence-corrected chi connectivity index (χ4v) is 3.74. The second-order valence-electron chi connectivity index (χ2n) is 8.26. The van der Waals surface area contributed by atoms with Crippen molar-refractivity contribution < 1.29 is 14.3 Å². The number of benzene rings is 1. The summed E-state index contributed by atoms with van der Waals surface area (Å²) in [6, 6.07) is 10.2. The smallest absolute Gasteiger partial charge is 0.192 e. The van der Waals surface area contributed by atoms with Crippen LogP contribution < -0.4 is 0 Å². The Hall–Kier alpha value is -0.683. The molecule has 0 aliphatic rings. The zero-order valence-corrected chi connectivity index (χ0v) is 17.3. The number of aliphatic hydroxyl groups excluding tert-OH is 1. The third kappa shape index (κ3) is 7.05. The van der Waals surface area contributed by atoms with Crippen molar-refractivity contribution in [1.82, 2.24) is 0 Å². The van der Waals surface area contributed by atoms with Crippen molar-refractivity contribution in [1.29, 1.82) is 0 Å². The molecule has 1 aromatic carbocycles. The van der Waals surface area contributed by atoms with Crippen LogP contribution in [0.15, 0.2) is 30.3 Å². The first-order valence-corrected chi connectivity index (χ1v) is 12.0. The van der Waals surface area contributed by atoms with Crippen molar-refractivity contribution in [3.8, 4) is 0 Å². The van der Waals surface area contributed by atoms with E-state index in [1.807, 2.05) is 18.2 Å². The summed E-state index contributed by atoms with van der Waals surface area (Å²) in [6.07, 6.45) is 2.00. The Morgan fingerprint density at radius 2 is 1.75 bits per heavy atom. The third-order valence-electron chi connectivity index (χ3n) is 5.06. The molecule has 0 saturated heterocycles. The van der Waals surface area contributed by atoms with Gasteiger partial charge < -0.3 is 14.3 Å². The SMILES string of the molecule is C[C@@H](CO)[C@H](CCCOCc1ccccc1)O[Si](C)(C)C(C)(C)C. The Morgan fingerprint density at radius 1 is 1.12 bits per heavy atom. The monoisotopic (exact) mass is 352 g/mol. The molecule has 1 aromatic rings. The lowest BCUT2D eigenvalue weighted by molar-refractivity contribution is 0.0605. The molecule has 0 bridgehead atoms. The highest BCUT2D eigenvalue weighted by molar-refractivity contribution is 6.74. The first kappa shape index (κ1) is 21.4. The lowest BCUT2D eigenvalue weighted by Gasteiger charge is -2.40. The van der Waals surface area contributed by atoms with E-state index in [1.165, 1.54) is 5.56 Å². The fraction of sp³-hybridized carbons (Fsp3) is 0.700. The van der Waals surface area contributed by atoms with Gasteiger partial charge in [-0.05, 0) is 36.5 Å². The van der Waals surface area contributed by atoms with Gasteiger partial charge >= 0.3 is 0 Å². The lowest BCUT2D eigenvalue weighted by atomic mass is 10.0. The average molecular weight is 353 g/mol. The molecule has 1 N–H and O–H groups in total. The summed E-state index contributed by atoms with van der Waals surface area (Å²) < 4.78 is 12.3. The van der Waals surface area contributed by atoms with Gasteiger partial charge in [0.05, 0.1) is 6.61 Å². The van der Waals surface area contributed by atoms with Gasteiger partial charge in [0, 0.05) is 25.2 Å². The van der Waals surface area contributed by atoms with Crippen LogP contribution in [-0.2, 0) is 15.8 Å². The molecule has 3 nitrogen and oxygen atoms in total. The normalized spacial score (nSPS) is 15.3. The van der Waals surface area contributed by atoms with E-state index in [0.717, 1.165) is 19.4 Å². The van der Waals surface area contributed by atoms with Crippen molar-refractivity contribution >= 4 is 8.32 Å². The third-order valence-corrected chi connectivity index (χ3v) is 9.57. The molecule has 0 amide bonds.